The molecule has 0 radical (unpaired) electrons. The molecule has 1 N–H and O–H groups in total. The molecule has 0 spiro atoms. The van der Waals surface area contributed by atoms with E-state index in [1.165, 1.54) is 42.0 Å². The summed E-state index contributed by atoms with van der Waals surface area (Å²) < 4.78 is 52.0. The summed E-state index contributed by atoms with van der Waals surface area (Å²) in [5.74, 6) is 0.415. The Labute approximate surface area is 194 Å². The maximum atomic E-state index is 13.4. The summed E-state index contributed by atoms with van der Waals surface area (Å²) >= 11 is 1.41. The van der Waals surface area contributed by atoms with Gasteiger partial charge in [-0.15, -0.1) is 11.3 Å². The van der Waals surface area contributed by atoms with Crippen molar-refractivity contribution in [2.45, 2.75) is 18.0 Å². The van der Waals surface area contributed by atoms with Crippen molar-refractivity contribution in [1.29, 1.82) is 0 Å². The number of hydrogen-bond donors (Lipinski definition) is 1. The zero-order valence-electron chi connectivity index (χ0n) is 17.9. The third-order valence-electron chi connectivity index (χ3n) is 5.14. The molecule has 10 heteroatoms. The van der Waals surface area contributed by atoms with Crippen LogP contribution in [0.15, 0.2) is 69.7 Å². The van der Waals surface area contributed by atoms with Gasteiger partial charge in [0, 0.05) is 35.0 Å². The lowest BCUT2D eigenvalue weighted by atomic mass is 10.1. The molecule has 172 valence electrons. The van der Waals surface area contributed by atoms with Crippen LogP contribution in [0.25, 0.3) is 10.9 Å². The van der Waals surface area contributed by atoms with E-state index in [0.717, 1.165) is 17.0 Å². The first kappa shape index (κ1) is 23.0. The van der Waals surface area contributed by atoms with Crippen molar-refractivity contribution in [2.75, 3.05) is 14.2 Å². The molecule has 2 heterocycles. The Morgan fingerprint density at radius 3 is 2.33 bits per heavy atom. The van der Waals surface area contributed by atoms with Crippen LogP contribution in [0, 0.1) is 5.82 Å². The highest BCUT2D eigenvalue weighted by Gasteiger charge is 2.26. The Hall–Kier alpha value is -3.21. The molecule has 33 heavy (non-hydrogen) atoms. The molecule has 0 bridgehead atoms. The fourth-order valence-electron chi connectivity index (χ4n) is 3.44. The van der Waals surface area contributed by atoms with Gasteiger partial charge >= 0.3 is 0 Å². The van der Waals surface area contributed by atoms with Crippen LogP contribution in [0.4, 0.5) is 4.39 Å². The van der Waals surface area contributed by atoms with E-state index in [4.69, 9.17) is 9.47 Å². The lowest BCUT2D eigenvalue weighted by Gasteiger charge is -2.22. The molecule has 0 unspecified atom stereocenters. The molecule has 0 saturated heterocycles. The molecular weight excluding hydrogens is 467 g/mol. The Bertz CT molecular complexity index is 1430. The van der Waals surface area contributed by atoms with Crippen LogP contribution in [0.3, 0.4) is 0 Å². The number of benzene rings is 2. The van der Waals surface area contributed by atoms with Gasteiger partial charge < -0.3 is 14.5 Å². The predicted octanol–water partition coefficient (Wildman–Crippen LogP) is 4.14. The van der Waals surface area contributed by atoms with E-state index < -0.39 is 21.4 Å². The number of fused-ring (bicyclic) bond motifs is 1. The molecule has 0 aliphatic carbocycles. The number of methoxy groups -OCH3 is 2. The third kappa shape index (κ3) is 4.77. The van der Waals surface area contributed by atoms with Crippen LogP contribution in [-0.4, -0.2) is 31.9 Å². The maximum Gasteiger partial charge on any atom is 0.252 e. The van der Waals surface area contributed by atoms with E-state index in [-0.39, 0.29) is 23.5 Å². The summed E-state index contributed by atoms with van der Waals surface area (Å²) in [5.41, 5.74) is 0.379. The largest absolute Gasteiger partial charge is 0.493 e. The average molecular weight is 489 g/mol. The Morgan fingerprint density at radius 2 is 1.70 bits per heavy atom. The summed E-state index contributed by atoms with van der Waals surface area (Å²) in [7, 11) is -1.00. The lowest BCUT2D eigenvalue weighted by molar-refractivity contribution is 0.355. The maximum absolute atomic E-state index is 13.4. The van der Waals surface area contributed by atoms with Gasteiger partial charge in [0.15, 0.2) is 11.5 Å². The first-order chi connectivity index (χ1) is 15.8. The van der Waals surface area contributed by atoms with Crippen LogP contribution >= 0.6 is 11.3 Å². The van der Waals surface area contributed by atoms with Crippen molar-refractivity contribution < 1.29 is 22.3 Å². The number of hydrogen-bond acceptors (Lipinski definition) is 6. The Morgan fingerprint density at radius 1 is 1.00 bits per heavy atom. The number of pyridine rings is 1. The number of nitrogens with one attached hydrogen (secondary N) is 1. The topological polar surface area (TPSA) is 88.7 Å². The van der Waals surface area contributed by atoms with Crippen LogP contribution in [0.1, 0.15) is 10.4 Å². The van der Waals surface area contributed by atoms with Gasteiger partial charge in [-0.05, 0) is 47.8 Å². The van der Waals surface area contributed by atoms with Crippen molar-refractivity contribution >= 4 is 32.3 Å². The molecular formula is C23H21FN2O5S2. The van der Waals surface area contributed by atoms with Gasteiger partial charge in [0.05, 0.1) is 24.6 Å². The number of H-pyrrole nitrogens is 1. The van der Waals surface area contributed by atoms with Gasteiger partial charge in [-0.3, -0.25) is 4.79 Å². The molecule has 0 aliphatic heterocycles. The van der Waals surface area contributed by atoms with Crippen molar-refractivity contribution in [2.24, 2.45) is 0 Å². The summed E-state index contributed by atoms with van der Waals surface area (Å²) in [6.45, 7) is -0.0992. The number of thiophene rings is 1. The summed E-state index contributed by atoms with van der Waals surface area (Å²) in [6.07, 6.45) is 0. The number of aromatic amines is 1. The fourth-order valence-corrected chi connectivity index (χ4v) is 5.64. The summed E-state index contributed by atoms with van der Waals surface area (Å²) in [4.78, 5) is 16.4. The van der Waals surface area contributed by atoms with Gasteiger partial charge in [-0.2, -0.15) is 4.31 Å². The van der Waals surface area contributed by atoms with Crippen LogP contribution in [0.5, 0.6) is 11.5 Å². The van der Waals surface area contributed by atoms with Crippen molar-refractivity contribution in [3.8, 4) is 11.5 Å². The number of sulfonamides is 1. The number of nitrogens with zero attached hydrogens (tertiary/aromatic N) is 1. The highest BCUT2D eigenvalue weighted by molar-refractivity contribution is 7.89. The first-order valence-corrected chi connectivity index (χ1v) is 12.2. The molecule has 0 saturated carbocycles. The van der Waals surface area contributed by atoms with E-state index in [1.807, 2.05) is 17.5 Å². The number of rotatable bonds is 8. The Kier molecular flexibility index (Phi) is 6.50. The lowest BCUT2D eigenvalue weighted by Crippen LogP contribution is -2.32. The minimum atomic E-state index is -4.01. The van der Waals surface area contributed by atoms with Crippen LogP contribution in [0.2, 0.25) is 0 Å². The van der Waals surface area contributed by atoms with Gasteiger partial charge in [0.2, 0.25) is 10.0 Å². The van der Waals surface area contributed by atoms with E-state index in [9.17, 15) is 17.6 Å². The third-order valence-corrected chi connectivity index (χ3v) is 7.80. The normalized spacial score (nSPS) is 11.8. The second kappa shape index (κ2) is 9.34. The minimum absolute atomic E-state index is 0.0518. The molecule has 4 aromatic rings. The molecule has 0 fully saturated rings. The quantitative estimate of drug-likeness (QED) is 0.403. The fraction of sp³-hybridized carbons (Fsp3) is 0.174. The van der Waals surface area contributed by atoms with Gasteiger partial charge in [-0.25, -0.2) is 12.8 Å². The van der Waals surface area contributed by atoms with E-state index in [0.29, 0.717) is 22.4 Å². The molecule has 7 nitrogen and oxygen atoms in total. The molecule has 0 aliphatic rings. The summed E-state index contributed by atoms with van der Waals surface area (Å²) in [5, 5.41) is 2.51. The summed E-state index contributed by atoms with van der Waals surface area (Å²) in [6, 6.07) is 13.3. The van der Waals surface area contributed by atoms with E-state index in [1.54, 1.807) is 18.2 Å². The van der Waals surface area contributed by atoms with Crippen molar-refractivity contribution in [1.82, 2.24) is 9.29 Å². The highest BCUT2D eigenvalue weighted by atomic mass is 32.2. The SMILES string of the molecule is COc1cc2cc(CN(Cc3cccs3)S(=O)(=O)c3ccc(F)cc3)c(=O)[nH]c2cc1OC. The van der Waals surface area contributed by atoms with Crippen LogP contribution < -0.4 is 15.0 Å². The smallest absolute Gasteiger partial charge is 0.252 e. The number of halogens is 1. The average Bonchev–Trinajstić information content (AvgIpc) is 3.31. The minimum Gasteiger partial charge on any atom is -0.493 e. The highest BCUT2D eigenvalue weighted by Crippen LogP contribution is 2.31. The van der Waals surface area contributed by atoms with Crippen molar-refractivity contribution in [3.05, 3.63) is 86.6 Å². The Balaban J connectivity index is 1.77. The molecule has 0 amide bonds. The molecule has 2 aromatic heterocycles. The standard InChI is InChI=1S/C23H21FN2O5S2/c1-30-21-11-15-10-16(23(27)25-20(15)12-22(21)31-2)13-26(14-18-4-3-9-32-18)33(28,29)19-7-5-17(24)6-8-19/h3-12H,13-14H2,1-2H3,(H,25,27). The molecule has 2 aromatic carbocycles. The van der Waals surface area contributed by atoms with E-state index >= 15 is 0 Å². The monoisotopic (exact) mass is 488 g/mol. The molecule has 0 atom stereocenters. The van der Waals surface area contributed by atoms with Gasteiger partial charge in [0.25, 0.3) is 5.56 Å². The first-order valence-electron chi connectivity index (χ1n) is 9.88. The zero-order valence-corrected chi connectivity index (χ0v) is 19.5. The number of aromatic nitrogens is 1. The molecule has 4 rings (SSSR count). The second-order valence-corrected chi connectivity index (χ2v) is 10.2. The van der Waals surface area contributed by atoms with Gasteiger partial charge in [-0.1, -0.05) is 6.07 Å². The van der Waals surface area contributed by atoms with Gasteiger partial charge in [0.1, 0.15) is 5.82 Å². The second-order valence-electron chi connectivity index (χ2n) is 7.22. The number of ether oxygens (including phenoxy) is 2. The zero-order chi connectivity index (χ0) is 23.6. The van der Waals surface area contributed by atoms with E-state index in [2.05, 4.69) is 4.98 Å². The van der Waals surface area contributed by atoms with Crippen LogP contribution in [-0.2, 0) is 23.1 Å². The van der Waals surface area contributed by atoms with Crippen molar-refractivity contribution in [3.63, 3.8) is 0 Å². The predicted molar refractivity (Wildman–Crippen MR) is 125 cm³/mol.